The van der Waals surface area contributed by atoms with Crippen molar-refractivity contribution < 1.29 is 14.3 Å². The van der Waals surface area contributed by atoms with E-state index >= 15 is 0 Å². The van der Waals surface area contributed by atoms with Crippen LogP contribution in [0.2, 0.25) is 0 Å². The molecule has 1 N–H and O–H groups in total. The largest absolute Gasteiger partial charge is 0.460 e. The second-order valence-electron chi connectivity index (χ2n) is 7.56. The van der Waals surface area contributed by atoms with E-state index in [1.807, 2.05) is 24.3 Å². The summed E-state index contributed by atoms with van der Waals surface area (Å²) in [5, 5.41) is 0. The van der Waals surface area contributed by atoms with Crippen LogP contribution in [0, 0.1) is 0 Å². The Morgan fingerprint density at radius 2 is 1.74 bits per heavy atom. The third-order valence-electron chi connectivity index (χ3n) is 4.08. The van der Waals surface area contributed by atoms with Gasteiger partial charge in [0.05, 0.1) is 11.0 Å². The molecule has 140 valence electrons. The molecule has 2 aromatic carbocycles. The molecule has 0 radical (unpaired) electrons. The molecule has 0 bridgehead atoms. The lowest BCUT2D eigenvalue weighted by Crippen LogP contribution is -2.25. The van der Waals surface area contributed by atoms with Crippen molar-refractivity contribution in [3.05, 3.63) is 65.5 Å². The Morgan fingerprint density at radius 3 is 2.44 bits per heavy atom. The molecular formula is C22H24N2O3. The van der Waals surface area contributed by atoms with E-state index in [2.05, 4.69) is 22.1 Å². The number of fused-ring (bicyclic) bond motifs is 1. The number of benzene rings is 2. The molecule has 1 aromatic heterocycles. The Balaban J connectivity index is 1.75. The fourth-order valence-corrected chi connectivity index (χ4v) is 2.94. The molecule has 27 heavy (non-hydrogen) atoms. The highest BCUT2D eigenvalue weighted by Crippen LogP contribution is 2.20. The number of nitrogens with one attached hydrogen (secondary N) is 1. The summed E-state index contributed by atoms with van der Waals surface area (Å²) in [6.07, 6.45) is 1.32. The van der Waals surface area contributed by atoms with Crippen LogP contribution in [-0.4, -0.2) is 27.3 Å². The van der Waals surface area contributed by atoms with Gasteiger partial charge in [-0.15, -0.1) is 0 Å². The third-order valence-corrected chi connectivity index (χ3v) is 4.08. The number of rotatable bonds is 6. The lowest BCUT2D eigenvalue weighted by molar-refractivity contribution is -0.153. The quantitative estimate of drug-likeness (QED) is 0.403. The highest BCUT2D eigenvalue weighted by molar-refractivity contribution is 6.12. The van der Waals surface area contributed by atoms with Gasteiger partial charge in [-0.1, -0.05) is 36.4 Å². The molecule has 0 aliphatic heterocycles. The van der Waals surface area contributed by atoms with Gasteiger partial charge in [0, 0.05) is 12.0 Å². The molecule has 0 spiro atoms. The number of H-pyrrole nitrogens is 1. The van der Waals surface area contributed by atoms with Crippen molar-refractivity contribution in [1.82, 2.24) is 9.97 Å². The zero-order valence-corrected chi connectivity index (χ0v) is 15.9. The second-order valence-corrected chi connectivity index (χ2v) is 7.56. The van der Waals surface area contributed by atoms with Gasteiger partial charge in [-0.2, -0.15) is 0 Å². The first-order valence-corrected chi connectivity index (χ1v) is 9.08. The van der Waals surface area contributed by atoms with Crippen molar-refractivity contribution >= 4 is 22.8 Å². The number of aromatic nitrogens is 2. The fraction of sp³-hybridized carbons (Fsp3) is 0.318. The predicted molar refractivity (Wildman–Crippen MR) is 105 cm³/mol. The van der Waals surface area contributed by atoms with Gasteiger partial charge in [0.15, 0.2) is 5.78 Å². The second kappa shape index (κ2) is 7.74. The first kappa shape index (κ1) is 18.8. The number of aryl methyl sites for hydroxylation is 2. The summed E-state index contributed by atoms with van der Waals surface area (Å²) in [4.78, 5) is 32.4. The summed E-state index contributed by atoms with van der Waals surface area (Å²) in [5.41, 5.74) is 2.47. The Hall–Kier alpha value is -2.95. The average Bonchev–Trinajstić information content (AvgIpc) is 3.02. The Kier molecular flexibility index (Phi) is 5.40. The van der Waals surface area contributed by atoms with E-state index < -0.39 is 11.6 Å². The number of hydrogen-bond acceptors (Lipinski definition) is 4. The normalized spacial score (nSPS) is 11.5. The SMILES string of the molecule is CC(C)(C)OC(=O)CC(=O)c1cccc2[nH]c(CCc3ccccc3)nc12. The number of esters is 1. The number of hydrogen-bond donors (Lipinski definition) is 1. The van der Waals surface area contributed by atoms with Crippen LogP contribution >= 0.6 is 0 Å². The summed E-state index contributed by atoms with van der Waals surface area (Å²) in [7, 11) is 0. The van der Waals surface area contributed by atoms with Crippen LogP contribution in [0.15, 0.2) is 48.5 Å². The van der Waals surface area contributed by atoms with Crippen molar-refractivity contribution in [3.8, 4) is 0 Å². The summed E-state index contributed by atoms with van der Waals surface area (Å²) in [6, 6.07) is 15.6. The maximum Gasteiger partial charge on any atom is 0.314 e. The Labute approximate surface area is 158 Å². The summed E-state index contributed by atoms with van der Waals surface area (Å²) in [6.45, 7) is 5.34. The molecule has 0 aliphatic rings. The topological polar surface area (TPSA) is 72.1 Å². The van der Waals surface area contributed by atoms with Gasteiger partial charge >= 0.3 is 5.97 Å². The molecule has 5 nitrogen and oxygen atoms in total. The van der Waals surface area contributed by atoms with Gasteiger partial charge in [-0.25, -0.2) is 4.98 Å². The van der Waals surface area contributed by atoms with E-state index in [1.165, 1.54) is 5.56 Å². The monoisotopic (exact) mass is 364 g/mol. The number of aromatic amines is 1. The number of carbonyl (C=O) groups excluding carboxylic acids is 2. The molecule has 0 atom stereocenters. The van der Waals surface area contributed by atoms with Crippen molar-refractivity contribution in [1.29, 1.82) is 0 Å². The van der Waals surface area contributed by atoms with Gasteiger partial charge in [-0.3, -0.25) is 9.59 Å². The average molecular weight is 364 g/mol. The number of nitrogens with zero attached hydrogens (tertiary/aromatic N) is 1. The van der Waals surface area contributed by atoms with Crippen LogP contribution in [0.25, 0.3) is 11.0 Å². The van der Waals surface area contributed by atoms with Crippen LogP contribution in [0.1, 0.15) is 48.9 Å². The standard InChI is InChI=1S/C22H24N2O3/c1-22(2,3)27-20(26)14-18(25)16-10-7-11-17-21(16)24-19(23-17)13-12-15-8-5-4-6-9-15/h4-11H,12-14H2,1-3H3,(H,23,24). The highest BCUT2D eigenvalue weighted by Gasteiger charge is 2.21. The lowest BCUT2D eigenvalue weighted by atomic mass is 10.1. The fourth-order valence-electron chi connectivity index (χ4n) is 2.94. The summed E-state index contributed by atoms with van der Waals surface area (Å²) >= 11 is 0. The van der Waals surface area contributed by atoms with Crippen molar-refractivity contribution in [2.24, 2.45) is 0 Å². The molecule has 0 amide bonds. The molecular weight excluding hydrogens is 340 g/mol. The van der Waals surface area contributed by atoms with Gasteiger partial charge in [0.25, 0.3) is 0 Å². The molecule has 0 fully saturated rings. The Morgan fingerprint density at radius 1 is 1.00 bits per heavy atom. The molecule has 0 saturated heterocycles. The number of Topliss-reactive ketones (excluding diaryl/α,β-unsaturated/α-hetero) is 1. The van der Waals surface area contributed by atoms with Gasteiger partial charge in [0.1, 0.15) is 17.8 Å². The van der Waals surface area contributed by atoms with Gasteiger partial charge in [-0.05, 0) is 44.9 Å². The van der Waals surface area contributed by atoms with Crippen LogP contribution in [0.4, 0.5) is 0 Å². The van der Waals surface area contributed by atoms with E-state index in [0.717, 1.165) is 24.2 Å². The van der Waals surface area contributed by atoms with Crippen LogP contribution in [-0.2, 0) is 22.4 Å². The number of carbonyl (C=O) groups is 2. The molecule has 3 rings (SSSR count). The van der Waals surface area contributed by atoms with Gasteiger partial charge in [0.2, 0.25) is 0 Å². The van der Waals surface area contributed by atoms with E-state index in [-0.39, 0.29) is 12.2 Å². The number of imidazole rings is 1. The minimum absolute atomic E-state index is 0.282. The lowest BCUT2D eigenvalue weighted by Gasteiger charge is -2.19. The molecule has 0 unspecified atom stereocenters. The molecule has 1 heterocycles. The smallest absolute Gasteiger partial charge is 0.314 e. The minimum Gasteiger partial charge on any atom is -0.460 e. The first-order valence-electron chi connectivity index (χ1n) is 9.08. The third kappa shape index (κ3) is 5.03. The molecule has 0 saturated carbocycles. The molecule has 0 aliphatic carbocycles. The summed E-state index contributed by atoms with van der Waals surface area (Å²) < 4.78 is 5.25. The van der Waals surface area contributed by atoms with E-state index in [0.29, 0.717) is 11.1 Å². The molecule has 5 heteroatoms. The van der Waals surface area contributed by atoms with E-state index in [1.54, 1.807) is 32.9 Å². The Bertz CT molecular complexity index is 953. The molecule has 3 aromatic rings. The predicted octanol–water partition coefficient (Wildman–Crippen LogP) is 4.26. The maximum atomic E-state index is 12.6. The maximum absolute atomic E-state index is 12.6. The van der Waals surface area contributed by atoms with Crippen molar-refractivity contribution in [2.45, 2.75) is 45.6 Å². The van der Waals surface area contributed by atoms with E-state index in [9.17, 15) is 9.59 Å². The van der Waals surface area contributed by atoms with E-state index in [4.69, 9.17) is 4.74 Å². The zero-order chi connectivity index (χ0) is 19.4. The highest BCUT2D eigenvalue weighted by atomic mass is 16.6. The zero-order valence-electron chi connectivity index (χ0n) is 15.9. The number of ether oxygens (including phenoxy) is 1. The number of para-hydroxylation sites is 1. The first-order chi connectivity index (χ1) is 12.8. The van der Waals surface area contributed by atoms with Crippen LogP contribution in [0.3, 0.4) is 0 Å². The van der Waals surface area contributed by atoms with Crippen molar-refractivity contribution in [2.75, 3.05) is 0 Å². The van der Waals surface area contributed by atoms with Gasteiger partial charge < -0.3 is 9.72 Å². The van der Waals surface area contributed by atoms with Crippen LogP contribution in [0.5, 0.6) is 0 Å². The number of ketones is 1. The minimum atomic E-state index is -0.611. The van der Waals surface area contributed by atoms with Crippen LogP contribution < -0.4 is 0 Å². The summed E-state index contributed by atoms with van der Waals surface area (Å²) in [5.74, 6) is 0.0201. The van der Waals surface area contributed by atoms with Crippen molar-refractivity contribution in [3.63, 3.8) is 0 Å².